The Morgan fingerprint density at radius 3 is 2.57 bits per heavy atom. The van der Waals surface area contributed by atoms with Gasteiger partial charge in [-0.3, -0.25) is 9.59 Å². The van der Waals surface area contributed by atoms with Crippen molar-refractivity contribution >= 4 is 39.2 Å². The number of hydrogen-bond acceptors (Lipinski definition) is 9. The van der Waals surface area contributed by atoms with Gasteiger partial charge in [-0.25, -0.2) is 13.4 Å². The van der Waals surface area contributed by atoms with Crippen LogP contribution in [0, 0.1) is 20.8 Å². The Hall–Kier alpha value is -3.71. The number of hydrogen-bond donors (Lipinski definition) is 5. The maximum absolute atomic E-state index is 12.9. The number of nitrogen functional groups attached to an aromatic ring is 1. The number of amides is 1. The Bertz CT molecular complexity index is 1270. The van der Waals surface area contributed by atoms with Gasteiger partial charge in [-0.1, -0.05) is 28.9 Å². The Kier molecular flexibility index (Phi) is 9.05. The standard InChI is InChI=1S/C24H32N6O6S/c1-14-10-15(2)22(16(3)11-14)37(34,35)30-19(24(32)33)13-27-23(31)18-12-17(36-29-18)6-5-9-26-21-8-4-7-20(25)28-21/h4,7-8,10-11,17,19,30H,5-6,9,12-13H2,1-3H3,(H,27,31)(H,32,33)(H3,25,26,28)/t17?,19-/m0/s1. The summed E-state index contributed by atoms with van der Waals surface area (Å²) in [6.07, 6.45) is 1.32. The smallest absolute Gasteiger partial charge is 0.323 e. The number of carboxylic acids is 1. The van der Waals surface area contributed by atoms with Crippen LogP contribution >= 0.6 is 0 Å². The molecule has 1 unspecified atom stereocenters. The lowest BCUT2D eigenvalue weighted by molar-refractivity contribution is -0.138. The summed E-state index contributed by atoms with van der Waals surface area (Å²) >= 11 is 0. The number of nitrogens with zero attached hydrogens (tertiary/aromatic N) is 2. The van der Waals surface area contributed by atoms with Crippen molar-refractivity contribution in [1.82, 2.24) is 15.0 Å². The molecule has 0 radical (unpaired) electrons. The minimum Gasteiger partial charge on any atom is -0.480 e. The number of rotatable bonds is 12. The third kappa shape index (κ3) is 7.64. The predicted molar refractivity (Wildman–Crippen MR) is 139 cm³/mol. The summed E-state index contributed by atoms with van der Waals surface area (Å²) in [5.74, 6) is -0.944. The van der Waals surface area contributed by atoms with Gasteiger partial charge in [0.25, 0.3) is 5.91 Å². The first-order valence-corrected chi connectivity index (χ1v) is 13.2. The fourth-order valence-electron chi connectivity index (χ4n) is 4.13. The quantitative estimate of drug-likeness (QED) is 0.252. The molecule has 0 aliphatic carbocycles. The maximum Gasteiger partial charge on any atom is 0.323 e. The number of oxime groups is 1. The molecule has 37 heavy (non-hydrogen) atoms. The van der Waals surface area contributed by atoms with Gasteiger partial charge in [0.05, 0.1) is 4.90 Å². The minimum atomic E-state index is -4.15. The Labute approximate surface area is 215 Å². The Balaban J connectivity index is 1.48. The summed E-state index contributed by atoms with van der Waals surface area (Å²) in [5.41, 5.74) is 7.66. The molecular weight excluding hydrogens is 500 g/mol. The highest BCUT2D eigenvalue weighted by Gasteiger charge is 2.30. The van der Waals surface area contributed by atoms with Gasteiger partial charge in [0.1, 0.15) is 29.5 Å². The number of aryl methyl sites for hydroxylation is 3. The number of anilines is 2. The van der Waals surface area contributed by atoms with E-state index in [1.807, 2.05) is 13.0 Å². The van der Waals surface area contributed by atoms with Gasteiger partial charge < -0.3 is 26.3 Å². The van der Waals surface area contributed by atoms with Gasteiger partial charge >= 0.3 is 5.97 Å². The molecule has 0 fully saturated rings. The molecule has 1 aliphatic rings. The van der Waals surface area contributed by atoms with Crippen LogP contribution in [0.3, 0.4) is 0 Å². The monoisotopic (exact) mass is 532 g/mol. The van der Waals surface area contributed by atoms with E-state index in [9.17, 15) is 23.1 Å². The molecule has 1 aliphatic heterocycles. The van der Waals surface area contributed by atoms with E-state index in [1.165, 1.54) is 0 Å². The van der Waals surface area contributed by atoms with Crippen LogP contribution in [-0.4, -0.2) is 61.3 Å². The molecule has 12 nitrogen and oxygen atoms in total. The van der Waals surface area contributed by atoms with E-state index in [4.69, 9.17) is 10.6 Å². The second-order valence-electron chi connectivity index (χ2n) is 8.94. The molecule has 1 aromatic heterocycles. The highest BCUT2D eigenvalue weighted by molar-refractivity contribution is 7.89. The Morgan fingerprint density at radius 1 is 1.22 bits per heavy atom. The van der Waals surface area contributed by atoms with Crippen molar-refractivity contribution in [1.29, 1.82) is 0 Å². The van der Waals surface area contributed by atoms with E-state index in [-0.39, 0.29) is 23.1 Å². The number of benzene rings is 1. The zero-order chi connectivity index (χ0) is 27.2. The molecule has 200 valence electrons. The van der Waals surface area contributed by atoms with E-state index in [0.29, 0.717) is 35.7 Å². The number of aromatic nitrogens is 1. The fourth-order valence-corrected chi connectivity index (χ4v) is 5.77. The van der Waals surface area contributed by atoms with Crippen molar-refractivity contribution in [3.63, 3.8) is 0 Å². The molecule has 1 amide bonds. The van der Waals surface area contributed by atoms with Crippen molar-refractivity contribution in [3.8, 4) is 0 Å². The first kappa shape index (κ1) is 27.9. The second kappa shape index (κ2) is 12.0. The molecular formula is C24H32N6O6S. The van der Waals surface area contributed by atoms with E-state index in [2.05, 4.69) is 25.5 Å². The highest BCUT2D eigenvalue weighted by atomic mass is 32.2. The summed E-state index contributed by atoms with van der Waals surface area (Å²) < 4.78 is 28.0. The van der Waals surface area contributed by atoms with Gasteiger partial charge in [-0.2, -0.15) is 4.72 Å². The van der Waals surface area contributed by atoms with Crippen LogP contribution in [0.15, 0.2) is 40.4 Å². The number of carboxylic acid groups (broad SMARTS) is 1. The number of carbonyl (C=O) groups is 2. The summed E-state index contributed by atoms with van der Waals surface area (Å²) in [6, 6.07) is 7.15. The molecule has 6 N–H and O–H groups in total. The van der Waals surface area contributed by atoms with Gasteiger partial charge in [-0.15, -0.1) is 0 Å². The van der Waals surface area contributed by atoms with Crippen LogP contribution < -0.4 is 21.1 Å². The number of carbonyl (C=O) groups excluding carboxylic acids is 1. The van der Waals surface area contributed by atoms with Crippen molar-refractivity contribution in [3.05, 3.63) is 47.0 Å². The SMILES string of the molecule is Cc1cc(C)c(S(=O)(=O)N[C@@H](CNC(=O)C2=NOC(CCCNc3cccc(N)n3)C2)C(=O)O)c(C)c1. The van der Waals surface area contributed by atoms with E-state index in [0.717, 1.165) is 12.0 Å². The molecule has 0 bridgehead atoms. The van der Waals surface area contributed by atoms with Crippen LogP contribution in [0.1, 0.15) is 36.0 Å². The molecule has 13 heteroatoms. The first-order chi connectivity index (χ1) is 17.5. The lowest BCUT2D eigenvalue weighted by atomic mass is 10.1. The zero-order valence-electron chi connectivity index (χ0n) is 20.9. The Morgan fingerprint density at radius 2 is 1.92 bits per heavy atom. The third-order valence-electron chi connectivity index (χ3n) is 5.71. The third-order valence-corrected chi connectivity index (χ3v) is 7.49. The van der Waals surface area contributed by atoms with Crippen molar-refractivity contribution < 1.29 is 28.0 Å². The predicted octanol–water partition coefficient (Wildman–Crippen LogP) is 1.47. The molecule has 0 spiro atoms. The van der Waals surface area contributed by atoms with Crippen LogP contribution in [0.25, 0.3) is 0 Å². The summed E-state index contributed by atoms with van der Waals surface area (Å²) in [7, 11) is -4.15. The van der Waals surface area contributed by atoms with Gasteiger partial charge in [0.15, 0.2) is 0 Å². The van der Waals surface area contributed by atoms with Gasteiger partial charge in [-0.05, 0) is 56.9 Å². The number of nitrogens with one attached hydrogen (secondary N) is 3. The van der Waals surface area contributed by atoms with Gasteiger partial charge in [0.2, 0.25) is 10.0 Å². The van der Waals surface area contributed by atoms with Gasteiger partial charge in [0, 0.05) is 19.5 Å². The average Bonchev–Trinajstić information content (AvgIpc) is 3.27. The minimum absolute atomic E-state index is 0.0214. The molecule has 2 atom stereocenters. The molecule has 0 saturated carbocycles. The maximum atomic E-state index is 12.9. The zero-order valence-corrected chi connectivity index (χ0v) is 21.8. The van der Waals surface area contributed by atoms with Crippen LogP contribution in [0.4, 0.5) is 11.6 Å². The van der Waals surface area contributed by atoms with Crippen LogP contribution in [0.2, 0.25) is 0 Å². The number of aliphatic carboxylic acids is 1. The normalized spacial score (nSPS) is 16.0. The number of nitrogens with two attached hydrogens (primary N) is 1. The van der Waals surface area contributed by atoms with Crippen molar-refractivity contribution in [2.24, 2.45) is 5.16 Å². The molecule has 2 heterocycles. The lowest BCUT2D eigenvalue weighted by Crippen LogP contribution is -2.49. The fraction of sp³-hybridized carbons (Fsp3) is 0.417. The van der Waals surface area contributed by atoms with E-state index in [1.54, 1.807) is 38.1 Å². The van der Waals surface area contributed by atoms with Crippen LogP contribution in [-0.2, 0) is 24.4 Å². The molecule has 0 saturated heterocycles. The van der Waals surface area contributed by atoms with Crippen LogP contribution in [0.5, 0.6) is 0 Å². The number of sulfonamides is 1. The molecule has 2 aromatic rings. The molecule has 3 rings (SSSR count). The van der Waals surface area contributed by atoms with Crippen molar-refractivity contribution in [2.45, 2.75) is 57.1 Å². The highest BCUT2D eigenvalue weighted by Crippen LogP contribution is 2.22. The lowest BCUT2D eigenvalue weighted by Gasteiger charge is -2.18. The van der Waals surface area contributed by atoms with E-state index < -0.39 is 34.5 Å². The number of pyridine rings is 1. The molecule has 1 aromatic carbocycles. The van der Waals surface area contributed by atoms with E-state index >= 15 is 0 Å². The summed E-state index contributed by atoms with van der Waals surface area (Å²) in [6.45, 7) is 5.29. The second-order valence-corrected chi connectivity index (χ2v) is 10.6. The first-order valence-electron chi connectivity index (χ1n) is 11.8. The summed E-state index contributed by atoms with van der Waals surface area (Å²) in [5, 5.41) is 19.0. The largest absolute Gasteiger partial charge is 0.480 e. The average molecular weight is 533 g/mol. The summed E-state index contributed by atoms with van der Waals surface area (Å²) in [4.78, 5) is 33.8. The topological polar surface area (TPSA) is 185 Å². The van der Waals surface area contributed by atoms with Crippen molar-refractivity contribution in [2.75, 3.05) is 24.1 Å².